The van der Waals surface area contributed by atoms with E-state index in [9.17, 15) is 9.59 Å². The lowest BCUT2D eigenvalue weighted by Crippen LogP contribution is -2.34. The smallest absolute Gasteiger partial charge is 0.258 e. The first-order chi connectivity index (χ1) is 15.4. The number of hydrogen-bond acceptors (Lipinski definition) is 6. The number of fused-ring (bicyclic) bond motifs is 1. The maximum atomic E-state index is 12.8. The van der Waals surface area contributed by atoms with Gasteiger partial charge in [0.05, 0.1) is 25.5 Å². The van der Waals surface area contributed by atoms with Gasteiger partial charge in [0.2, 0.25) is 5.91 Å². The number of methoxy groups -OCH3 is 2. The Morgan fingerprint density at radius 1 is 1.09 bits per heavy atom. The van der Waals surface area contributed by atoms with Crippen LogP contribution < -0.4 is 30.3 Å². The highest BCUT2D eigenvalue weighted by Gasteiger charge is 2.29. The molecule has 0 saturated carbocycles. The number of amides is 2. The Hall–Kier alpha value is -3.52. The highest BCUT2D eigenvalue weighted by atomic mass is 16.5. The SMILES string of the molecule is CCC(Nc1ccc(N(CCNC)C(C)=O)cc1)=C1C(=O)Nc2cc(OC)c(OC)cc21. The molecule has 170 valence electrons. The fourth-order valence-corrected chi connectivity index (χ4v) is 3.71. The van der Waals surface area contributed by atoms with Crippen LogP contribution in [0.2, 0.25) is 0 Å². The van der Waals surface area contributed by atoms with Crippen molar-refractivity contribution >= 4 is 34.4 Å². The molecule has 2 aromatic carbocycles. The van der Waals surface area contributed by atoms with Gasteiger partial charge in [-0.05, 0) is 43.8 Å². The average molecular weight is 439 g/mol. The summed E-state index contributed by atoms with van der Waals surface area (Å²) < 4.78 is 10.8. The Morgan fingerprint density at radius 3 is 2.31 bits per heavy atom. The topological polar surface area (TPSA) is 91.9 Å². The highest BCUT2D eigenvalue weighted by molar-refractivity contribution is 6.32. The summed E-state index contributed by atoms with van der Waals surface area (Å²) in [5, 5.41) is 9.34. The Labute approximate surface area is 188 Å². The van der Waals surface area contributed by atoms with E-state index in [4.69, 9.17) is 9.47 Å². The molecule has 0 radical (unpaired) electrons. The summed E-state index contributed by atoms with van der Waals surface area (Å²) in [5.74, 6) is 0.931. The van der Waals surface area contributed by atoms with Crippen LogP contribution in [0.4, 0.5) is 17.1 Å². The monoisotopic (exact) mass is 438 g/mol. The average Bonchev–Trinajstić information content (AvgIpc) is 3.11. The van der Waals surface area contributed by atoms with Crippen molar-refractivity contribution in [3.63, 3.8) is 0 Å². The number of anilines is 3. The third kappa shape index (κ3) is 4.70. The predicted octanol–water partition coefficient (Wildman–Crippen LogP) is 3.46. The van der Waals surface area contributed by atoms with Gasteiger partial charge in [-0.1, -0.05) is 6.92 Å². The van der Waals surface area contributed by atoms with Crippen molar-refractivity contribution < 1.29 is 19.1 Å². The Bertz CT molecular complexity index is 1030. The maximum Gasteiger partial charge on any atom is 0.258 e. The van der Waals surface area contributed by atoms with Gasteiger partial charge >= 0.3 is 0 Å². The van der Waals surface area contributed by atoms with Crippen molar-refractivity contribution in [1.82, 2.24) is 5.32 Å². The molecule has 1 heterocycles. The third-order valence-electron chi connectivity index (χ3n) is 5.36. The minimum atomic E-state index is -0.175. The number of allylic oxidation sites excluding steroid dienone is 1. The molecule has 0 aromatic heterocycles. The number of nitrogens with one attached hydrogen (secondary N) is 3. The Morgan fingerprint density at radius 2 is 1.75 bits per heavy atom. The number of ether oxygens (including phenoxy) is 2. The summed E-state index contributed by atoms with van der Waals surface area (Å²) in [4.78, 5) is 26.5. The number of benzene rings is 2. The molecule has 1 aliphatic heterocycles. The number of nitrogens with zero attached hydrogens (tertiary/aromatic N) is 1. The number of likely N-dealkylation sites (N-methyl/N-ethyl adjacent to an activating group) is 1. The molecule has 3 N–H and O–H groups in total. The molecule has 0 saturated heterocycles. The molecule has 0 atom stereocenters. The largest absolute Gasteiger partial charge is 0.493 e. The van der Waals surface area contributed by atoms with Gasteiger partial charge in [0, 0.05) is 48.7 Å². The predicted molar refractivity (Wildman–Crippen MR) is 127 cm³/mol. The van der Waals surface area contributed by atoms with Crippen LogP contribution >= 0.6 is 0 Å². The molecular formula is C24H30N4O4. The molecule has 2 amide bonds. The highest BCUT2D eigenvalue weighted by Crippen LogP contribution is 2.42. The molecule has 32 heavy (non-hydrogen) atoms. The third-order valence-corrected chi connectivity index (χ3v) is 5.36. The summed E-state index contributed by atoms with van der Waals surface area (Å²) in [6.07, 6.45) is 0.625. The second-order valence-electron chi connectivity index (χ2n) is 7.36. The molecular weight excluding hydrogens is 408 g/mol. The zero-order valence-corrected chi connectivity index (χ0v) is 19.2. The fraction of sp³-hybridized carbons (Fsp3) is 0.333. The van der Waals surface area contributed by atoms with Crippen molar-refractivity contribution in [3.8, 4) is 11.5 Å². The van der Waals surface area contributed by atoms with E-state index < -0.39 is 0 Å². The van der Waals surface area contributed by atoms with E-state index in [1.807, 2.05) is 44.3 Å². The molecule has 0 fully saturated rings. The first-order valence-corrected chi connectivity index (χ1v) is 10.5. The molecule has 8 heteroatoms. The first-order valence-electron chi connectivity index (χ1n) is 10.5. The molecule has 8 nitrogen and oxygen atoms in total. The van der Waals surface area contributed by atoms with Crippen molar-refractivity contribution in [1.29, 1.82) is 0 Å². The summed E-state index contributed by atoms with van der Waals surface area (Å²) in [7, 11) is 4.99. The standard InChI is InChI=1S/C24H30N4O4/c1-6-19(23-18-13-21(31-4)22(32-5)14-20(18)27-24(23)30)26-16-7-9-17(10-8-16)28(15(2)29)12-11-25-3/h7-10,13-14,25-26H,6,11-12H2,1-5H3,(H,27,30). The van der Waals surface area contributed by atoms with Crippen LogP contribution in [0.1, 0.15) is 25.8 Å². The molecule has 2 aromatic rings. The van der Waals surface area contributed by atoms with Gasteiger partial charge in [-0.3, -0.25) is 9.59 Å². The van der Waals surface area contributed by atoms with Crippen LogP contribution in [0.5, 0.6) is 11.5 Å². The van der Waals surface area contributed by atoms with E-state index in [1.165, 1.54) is 0 Å². The van der Waals surface area contributed by atoms with E-state index in [-0.39, 0.29) is 11.8 Å². The van der Waals surface area contributed by atoms with Crippen molar-refractivity contribution in [3.05, 3.63) is 47.7 Å². The van der Waals surface area contributed by atoms with Gasteiger partial charge in [-0.25, -0.2) is 0 Å². The van der Waals surface area contributed by atoms with E-state index >= 15 is 0 Å². The summed E-state index contributed by atoms with van der Waals surface area (Å²) in [6.45, 7) is 4.84. The van der Waals surface area contributed by atoms with Crippen LogP contribution in [0, 0.1) is 0 Å². The summed E-state index contributed by atoms with van der Waals surface area (Å²) >= 11 is 0. The first kappa shape index (κ1) is 23.1. The van der Waals surface area contributed by atoms with Crippen LogP contribution in [-0.4, -0.2) is 46.2 Å². The fourth-order valence-electron chi connectivity index (χ4n) is 3.71. The number of carbonyl (C=O) groups excluding carboxylic acids is 2. The van der Waals surface area contributed by atoms with E-state index in [2.05, 4.69) is 16.0 Å². The summed E-state index contributed by atoms with van der Waals surface area (Å²) in [6, 6.07) is 11.2. The van der Waals surface area contributed by atoms with Gasteiger partial charge in [0.1, 0.15) is 0 Å². The van der Waals surface area contributed by atoms with Crippen molar-refractivity contribution in [2.45, 2.75) is 20.3 Å². The Kier molecular flexibility index (Phi) is 7.37. The minimum Gasteiger partial charge on any atom is -0.493 e. The van der Waals surface area contributed by atoms with Gasteiger partial charge in [-0.15, -0.1) is 0 Å². The molecule has 1 aliphatic rings. The molecule has 0 bridgehead atoms. The zero-order valence-electron chi connectivity index (χ0n) is 19.2. The van der Waals surface area contributed by atoms with Crippen LogP contribution in [0.3, 0.4) is 0 Å². The van der Waals surface area contributed by atoms with Crippen molar-refractivity contribution in [2.75, 3.05) is 49.9 Å². The van der Waals surface area contributed by atoms with Crippen molar-refractivity contribution in [2.24, 2.45) is 0 Å². The zero-order chi connectivity index (χ0) is 23.3. The number of hydrogen-bond donors (Lipinski definition) is 3. The molecule has 0 unspecified atom stereocenters. The van der Waals surface area contributed by atoms with E-state index in [0.717, 1.165) is 22.6 Å². The quantitative estimate of drug-likeness (QED) is 0.520. The van der Waals surface area contributed by atoms with Crippen LogP contribution in [0.15, 0.2) is 42.1 Å². The second-order valence-corrected chi connectivity index (χ2v) is 7.36. The second kappa shape index (κ2) is 10.2. The molecule has 0 spiro atoms. The van der Waals surface area contributed by atoms with Crippen LogP contribution in [-0.2, 0) is 9.59 Å². The lowest BCUT2D eigenvalue weighted by atomic mass is 10.0. The molecule has 0 aliphatic carbocycles. The Balaban J connectivity index is 1.91. The molecule has 3 rings (SSSR count). The maximum absolute atomic E-state index is 12.8. The van der Waals surface area contributed by atoms with E-state index in [0.29, 0.717) is 42.3 Å². The summed E-state index contributed by atoms with van der Waals surface area (Å²) in [5.41, 5.74) is 4.48. The normalized spacial score (nSPS) is 13.8. The van der Waals surface area contributed by atoms with Crippen LogP contribution in [0.25, 0.3) is 5.57 Å². The minimum absolute atomic E-state index is 0.0130. The number of rotatable bonds is 9. The van der Waals surface area contributed by atoms with Gasteiger partial charge < -0.3 is 30.3 Å². The number of carbonyl (C=O) groups is 2. The van der Waals surface area contributed by atoms with Gasteiger partial charge in [0.15, 0.2) is 11.5 Å². The van der Waals surface area contributed by atoms with Gasteiger partial charge in [-0.2, -0.15) is 0 Å². The lowest BCUT2D eigenvalue weighted by molar-refractivity contribution is -0.116. The van der Waals surface area contributed by atoms with E-state index in [1.54, 1.807) is 32.1 Å². The lowest BCUT2D eigenvalue weighted by Gasteiger charge is -2.21. The van der Waals surface area contributed by atoms with Gasteiger partial charge in [0.25, 0.3) is 5.91 Å².